The topological polar surface area (TPSA) is 57.6 Å². The van der Waals surface area contributed by atoms with E-state index >= 15 is 0 Å². The van der Waals surface area contributed by atoms with Crippen LogP contribution < -0.4 is 0 Å². The summed E-state index contributed by atoms with van der Waals surface area (Å²) in [4.78, 5) is 25.2. The second-order valence-corrected chi connectivity index (χ2v) is 7.68. The molecular weight excluding hydrogens is 242 g/mol. The summed E-state index contributed by atoms with van der Waals surface area (Å²) < 4.78 is 0. The molecule has 1 fully saturated rings. The molecule has 110 valence electrons. The Kier molecular flexibility index (Phi) is 3.79. The fraction of sp³-hybridized carbons (Fsp3) is 0.867. The van der Waals surface area contributed by atoms with E-state index in [9.17, 15) is 9.59 Å². The van der Waals surface area contributed by atoms with Crippen LogP contribution in [0.3, 0.4) is 0 Å². The number of rotatable bonds is 4. The Balaban J connectivity index is 2.89. The molecule has 4 nitrogen and oxygen atoms in total. The highest BCUT2D eigenvalue weighted by Gasteiger charge is 2.69. The van der Waals surface area contributed by atoms with Crippen LogP contribution in [-0.4, -0.2) is 34.0 Å². The summed E-state index contributed by atoms with van der Waals surface area (Å²) in [6.45, 7) is 14.6. The molecule has 0 atom stereocenters. The minimum atomic E-state index is -0.864. The van der Waals surface area contributed by atoms with Crippen molar-refractivity contribution >= 4 is 11.9 Å². The summed E-state index contributed by atoms with van der Waals surface area (Å²) in [5.74, 6) is -0.798. The van der Waals surface area contributed by atoms with Crippen molar-refractivity contribution in [1.82, 2.24) is 4.90 Å². The van der Waals surface area contributed by atoms with Crippen molar-refractivity contribution in [2.24, 2.45) is 16.7 Å². The second-order valence-electron chi connectivity index (χ2n) is 7.68. The largest absolute Gasteiger partial charge is 0.481 e. The number of carboxylic acids is 1. The van der Waals surface area contributed by atoms with Crippen LogP contribution in [0.25, 0.3) is 0 Å². The number of nitrogens with zero attached hydrogens (tertiary/aromatic N) is 1. The standard InChI is InChI=1S/C15H27NO3/c1-13(2,3)16(9-8-10(17)18)12(19)11-14(4,5)15(11,6)7/h11H,8-9H2,1-7H3,(H,17,18). The summed E-state index contributed by atoms with van der Waals surface area (Å²) in [5, 5.41) is 8.83. The molecule has 0 spiro atoms. The molecule has 0 aliphatic heterocycles. The van der Waals surface area contributed by atoms with Gasteiger partial charge in [-0.15, -0.1) is 0 Å². The molecule has 0 aromatic carbocycles. The molecule has 1 saturated carbocycles. The van der Waals surface area contributed by atoms with E-state index in [0.717, 1.165) is 0 Å². The molecule has 1 N–H and O–H groups in total. The van der Waals surface area contributed by atoms with Crippen molar-refractivity contribution in [3.05, 3.63) is 0 Å². The van der Waals surface area contributed by atoms with Crippen LogP contribution in [0.2, 0.25) is 0 Å². The third-order valence-corrected chi connectivity index (χ3v) is 4.89. The zero-order valence-corrected chi connectivity index (χ0v) is 13.2. The smallest absolute Gasteiger partial charge is 0.305 e. The molecular formula is C15H27NO3. The summed E-state index contributed by atoms with van der Waals surface area (Å²) in [6, 6.07) is 0. The maximum atomic E-state index is 12.7. The first kappa shape index (κ1) is 16.0. The Bertz CT molecular complexity index is 377. The lowest BCUT2D eigenvalue weighted by atomic mass is 10.0. The number of hydrogen-bond donors (Lipinski definition) is 1. The zero-order chi connectivity index (χ0) is 15.2. The average molecular weight is 269 g/mol. The van der Waals surface area contributed by atoms with Gasteiger partial charge in [0.05, 0.1) is 6.42 Å². The number of aliphatic carboxylic acids is 1. The van der Waals surface area contributed by atoms with Gasteiger partial charge in [0, 0.05) is 18.0 Å². The lowest BCUT2D eigenvalue weighted by Gasteiger charge is -2.36. The highest BCUT2D eigenvalue weighted by molar-refractivity contribution is 5.85. The van der Waals surface area contributed by atoms with Gasteiger partial charge >= 0.3 is 5.97 Å². The van der Waals surface area contributed by atoms with Crippen molar-refractivity contribution in [2.45, 2.75) is 60.4 Å². The second kappa shape index (κ2) is 4.50. The normalized spacial score (nSPS) is 21.0. The van der Waals surface area contributed by atoms with Crippen LogP contribution in [0.4, 0.5) is 0 Å². The minimum Gasteiger partial charge on any atom is -0.481 e. The van der Waals surface area contributed by atoms with E-state index in [1.54, 1.807) is 4.90 Å². The molecule has 0 saturated heterocycles. The van der Waals surface area contributed by atoms with Gasteiger partial charge in [0.2, 0.25) is 5.91 Å². The molecule has 0 bridgehead atoms. The van der Waals surface area contributed by atoms with Gasteiger partial charge in [-0.05, 0) is 31.6 Å². The van der Waals surface area contributed by atoms with E-state index in [4.69, 9.17) is 5.11 Å². The lowest BCUT2D eigenvalue weighted by molar-refractivity contribution is -0.142. The van der Waals surface area contributed by atoms with Crippen molar-refractivity contribution < 1.29 is 14.7 Å². The summed E-state index contributed by atoms with van der Waals surface area (Å²) in [5.41, 5.74) is -0.380. The first-order valence-corrected chi connectivity index (χ1v) is 6.86. The molecule has 0 heterocycles. The quantitative estimate of drug-likeness (QED) is 0.853. The predicted molar refractivity (Wildman–Crippen MR) is 74.8 cm³/mol. The Morgan fingerprint density at radius 1 is 1.11 bits per heavy atom. The first-order chi connectivity index (χ1) is 8.33. The van der Waals surface area contributed by atoms with E-state index in [-0.39, 0.29) is 41.2 Å². The van der Waals surface area contributed by atoms with E-state index in [1.807, 2.05) is 20.8 Å². The van der Waals surface area contributed by atoms with Crippen LogP contribution in [-0.2, 0) is 9.59 Å². The van der Waals surface area contributed by atoms with Crippen LogP contribution in [0.5, 0.6) is 0 Å². The lowest BCUT2D eigenvalue weighted by Crippen LogP contribution is -2.48. The van der Waals surface area contributed by atoms with E-state index in [2.05, 4.69) is 27.7 Å². The number of carboxylic acid groups (broad SMARTS) is 1. The van der Waals surface area contributed by atoms with Crippen LogP contribution in [0.15, 0.2) is 0 Å². The van der Waals surface area contributed by atoms with Crippen molar-refractivity contribution in [1.29, 1.82) is 0 Å². The van der Waals surface area contributed by atoms with E-state index < -0.39 is 5.97 Å². The molecule has 0 unspecified atom stereocenters. The molecule has 19 heavy (non-hydrogen) atoms. The molecule has 0 aromatic rings. The number of carbonyl (C=O) groups excluding carboxylic acids is 1. The summed E-state index contributed by atoms with van der Waals surface area (Å²) in [7, 11) is 0. The number of amides is 1. The molecule has 1 amide bonds. The van der Waals surface area contributed by atoms with Crippen molar-refractivity contribution in [3.8, 4) is 0 Å². The van der Waals surface area contributed by atoms with E-state index in [1.165, 1.54) is 0 Å². The Hall–Kier alpha value is -1.06. The third-order valence-electron chi connectivity index (χ3n) is 4.89. The Morgan fingerprint density at radius 2 is 1.53 bits per heavy atom. The number of hydrogen-bond acceptors (Lipinski definition) is 2. The highest BCUT2D eigenvalue weighted by Crippen LogP contribution is 2.69. The fourth-order valence-corrected chi connectivity index (χ4v) is 2.95. The average Bonchev–Trinajstić information content (AvgIpc) is 2.53. The van der Waals surface area contributed by atoms with Crippen LogP contribution in [0.1, 0.15) is 54.9 Å². The molecule has 0 aromatic heterocycles. The molecule has 0 radical (unpaired) electrons. The van der Waals surface area contributed by atoms with Gasteiger partial charge in [-0.1, -0.05) is 27.7 Å². The van der Waals surface area contributed by atoms with Gasteiger partial charge in [-0.25, -0.2) is 0 Å². The number of carbonyl (C=O) groups is 2. The van der Waals surface area contributed by atoms with Crippen molar-refractivity contribution in [2.75, 3.05) is 6.54 Å². The fourth-order valence-electron chi connectivity index (χ4n) is 2.95. The maximum Gasteiger partial charge on any atom is 0.305 e. The van der Waals surface area contributed by atoms with Crippen LogP contribution in [0, 0.1) is 16.7 Å². The van der Waals surface area contributed by atoms with Crippen LogP contribution >= 0.6 is 0 Å². The summed E-state index contributed by atoms with van der Waals surface area (Å²) in [6.07, 6.45) is -0.00339. The van der Waals surface area contributed by atoms with Gasteiger partial charge in [-0.3, -0.25) is 9.59 Å². The predicted octanol–water partition coefficient (Wildman–Crippen LogP) is 2.77. The Labute approximate surface area is 116 Å². The maximum absolute atomic E-state index is 12.7. The van der Waals surface area contributed by atoms with Gasteiger partial charge in [0.15, 0.2) is 0 Å². The highest BCUT2D eigenvalue weighted by atomic mass is 16.4. The molecule has 4 heteroatoms. The van der Waals surface area contributed by atoms with Gasteiger partial charge in [0.25, 0.3) is 0 Å². The van der Waals surface area contributed by atoms with Gasteiger partial charge in [0.1, 0.15) is 0 Å². The minimum absolute atomic E-state index is 0.00339. The van der Waals surface area contributed by atoms with Crippen molar-refractivity contribution in [3.63, 3.8) is 0 Å². The zero-order valence-electron chi connectivity index (χ0n) is 13.2. The molecule has 1 rings (SSSR count). The van der Waals surface area contributed by atoms with Gasteiger partial charge < -0.3 is 10.0 Å². The monoisotopic (exact) mass is 269 g/mol. The SMILES string of the molecule is CC(C)(C)N(CCC(=O)O)C(=O)C1C(C)(C)C1(C)C. The van der Waals surface area contributed by atoms with E-state index in [0.29, 0.717) is 0 Å². The van der Waals surface area contributed by atoms with Gasteiger partial charge in [-0.2, -0.15) is 0 Å². The molecule has 1 aliphatic carbocycles. The Morgan fingerprint density at radius 3 is 1.79 bits per heavy atom. The third kappa shape index (κ3) is 2.77. The summed E-state index contributed by atoms with van der Waals surface area (Å²) >= 11 is 0. The molecule has 1 aliphatic rings. The first-order valence-electron chi connectivity index (χ1n) is 6.86.